The molecule has 0 unspecified atom stereocenters. The van der Waals surface area contributed by atoms with Gasteiger partial charge in [-0.15, -0.1) is 10.2 Å². The lowest BCUT2D eigenvalue weighted by atomic mass is 10.2. The van der Waals surface area contributed by atoms with Crippen molar-refractivity contribution in [1.29, 1.82) is 0 Å². The second kappa shape index (κ2) is 4.73. The lowest BCUT2D eigenvalue weighted by Gasteiger charge is -2.00. The van der Waals surface area contributed by atoms with E-state index in [-0.39, 0.29) is 11.8 Å². The number of anilines is 2. The van der Waals surface area contributed by atoms with Crippen molar-refractivity contribution in [3.63, 3.8) is 0 Å². The Balaban J connectivity index is 2.14. The number of hydrogen-bond donors (Lipinski definition) is 2. The van der Waals surface area contributed by atoms with Crippen LogP contribution in [-0.2, 0) is 7.05 Å². The molecule has 96 valence electrons. The van der Waals surface area contributed by atoms with Gasteiger partial charge in [0.2, 0.25) is 5.13 Å². The van der Waals surface area contributed by atoms with Gasteiger partial charge in [0.25, 0.3) is 5.91 Å². The van der Waals surface area contributed by atoms with Crippen LogP contribution in [0.3, 0.4) is 0 Å². The van der Waals surface area contributed by atoms with Gasteiger partial charge in [0.05, 0.1) is 6.20 Å². The van der Waals surface area contributed by atoms with Gasteiger partial charge in [-0.2, -0.15) is 5.10 Å². The molecule has 7 nitrogen and oxygen atoms in total. The van der Waals surface area contributed by atoms with Crippen LogP contribution in [0.15, 0.2) is 6.20 Å². The van der Waals surface area contributed by atoms with Crippen molar-refractivity contribution >= 4 is 28.2 Å². The van der Waals surface area contributed by atoms with Crippen molar-refractivity contribution < 1.29 is 4.79 Å². The third-order valence-corrected chi connectivity index (χ3v) is 3.52. The fraction of sp³-hybridized carbons (Fsp3) is 0.400. The Kier molecular flexibility index (Phi) is 3.28. The van der Waals surface area contributed by atoms with Crippen LogP contribution in [0.4, 0.5) is 10.9 Å². The monoisotopic (exact) mass is 266 g/mol. The van der Waals surface area contributed by atoms with Gasteiger partial charge in [-0.3, -0.25) is 14.8 Å². The van der Waals surface area contributed by atoms with E-state index in [4.69, 9.17) is 5.73 Å². The average Bonchev–Trinajstić information content (AvgIpc) is 2.88. The van der Waals surface area contributed by atoms with Crippen molar-refractivity contribution in [1.82, 2.24) is 20.0 Å². The van der Waals surface area contributed by atoms with Gasteiger partial charge >= 0.3 is 0 Å². The fourth-order valence-electron chi connectivity index (χ4n) is 1.30. The van der Waals surface area contributed by atoms with E-state index in [1.54, 1.807) is 7.05 Å². The number of rotatable bonds is 3. The fourth-order valence-corrected chi connectivity index (χ4v) is 2.05. The quantitative estimate of drug-likeness (QED) is 0.870. The molecule has 2 heterocycles. The topological polar surface area (TPSA) is 98.7 Å². The van der Waals surface area contributed by atoms with Gasteiger partial charge in [0.1, 0.15) is 16.4 Å². The van der Waals surface area contributed by atoms with Crippen LogP contribution in [-0.4, -0.2) is 25.9 Å². The van der Waals surface area contributed by atoms with E-state index in [0.717, 1.165) is 5.01 Å². The second-order valence-electron chi connectivity index (χ2n) is 4.12. The Bertz CT molecular complexity index is 573. The van der Waals surface area contributed by atoms with Gasteiger partial charge in [-0.1, -0.05) is 25.2 Å². The zero-order valence-electron chi connectivity index (χ0n) is 10.3. The molecule has 8 heteroatoms. The third kappa shape index (κ3) is 2.33. The minimum Gasteiger partial charge on any atom is -0.383 e. The molecule has 0 atom stereocenters. The van der Waals surface area contributed by atoms with Crippen LogP contribution >= 0.6 is 11.3 Å². The highest BCUT2D eigenvalue weighted by atomic mass is 32.1. The Morgan fingerprint density at radius 2 is 2.22 bits per heavy atom. The van der Waals surface area contributed by atoms with Crippen LogP contribution in [0, 0.1) is 0 Å². The maximum absolute atomic E-state index is 11.9. The van der Waals surface area contributed by atoms with Crippen molar-refractivity contribution in [2.45, 2.75) is 19.8 Å². The first-order valence-electron chi connectivity index (χ1n) is 5.41. The van der Waals surface area contributed by atoms with Crippen LogP contribution in [0.5, 0.6) is 0 Å². The van der Waals surface area contributed by atoms with E-state index < -0.39 is 0 Å². The van der Waals surface area contributed by atoms with Crippen molar-refractivity contribution in [2.75, 3.05) is 11.1 Å². The summed E-state index contributed by atoms with van der Waals surface area (Å²) in [6.07, 6.45) is 1.43. The molecule has 2 rings (SSSR count). The molecule has 0 saturated heterocycles. The highest BCUT2D eigenvalue weighted by molar-refractivity contribution is 7.15. The summed E-state index contributed by atoms with van der Waals surface area (Å²) < 4.78 is 1.44. The van der Waals surface area contributed by atoms with Crippen LogP contribution in [0.1, 0.15) is 35.1 Å². The first-order valence-corrected chi connectivity index (χ1v) is 6.23. The van der Waals surface area contributed by atoms with E-state index in [0.29, 0.717) is 16.5 Å². The molecule has 0 fully saturated rings. The SMILES string of the molecule is CC(C)c1nnc(NC(=O)c2cnn(C)c2N)s1. The molecule has 0 aliphatic carbocycles. The molecule has 0 spiro atoms. The Hall–Kier alpha value is -1.96. The van der Waals surface area contributed by atoms with Gasteiger partial charge in [-0.25, -0.2) is 0 Å². The summed E-state index contributed by atoms with van der Waals surface area (Å²) in [7, 11) is 1.67. The summed E-state index contributed by atoms with van der Waals surface area (Å²) in [6, 6.07) is 0. The predicted molar refractivity (Wildman–Crippen MR) is 69.6 cm³/mol. The van der Waals surface area contributed by atoms with Crippen LogP contribution in [0.2, 0.25) is 0 Å². The van der Waals surface area contributed by atoms with Crippen molar-refractivity contribution in [3.8, 4) is 0 Å². The highest BCUT2D eigenvalue weighted by Gasteiger charge is 2.16. The lowest BCUT2D eigenvalue weighted by molar-refractivity contribution is 0.102. The van der Waals surface area contributed by atoms with Gasteiger partial charge in [-0.05, 0) is 0 Å². The standard InChI is InChI=1S/C10H14N6OS/c1-5(2)9-14-15-10(18-9)13-8(17)6-4-12-16(3)7(6)11/h4-5H,11H2,1-3H3,(H,13,15,17). The summed E-state index contributed by atoms with van der Waals surface area (Å²) in [6.45, 7) is 4.04. The maximum atomic E-state index is 11.9. The zero-order chi connectivity index (χ0) is 13.3. The number of amides is 1. The molecule has 0 aromatic carbocycles. The number of nitrogen functional groups attached to an aromatic ring is 1. The van der Waals surface area contributed by atoms with E-state index >= 15 is 0 Å². The van der Waals surface area contributed by atoms with Crippen molar-refractivity contribution in [2.24, 2.45) is 7.05 Å². The molecule has 0 radical (unpaired) electrons. The first-order chi connectivity index (χ1) is 8.49. The van der Waals surface area contributed by atoms with E-state index in [1.807, 2.05) is 13.8 Å². The number of carbonyl (C=O) groups is 1. The van der Waals surface area contributed by atoms with E-state index in [9.17, 15) is 4.79 Å². The van der Waals surface area contributed by atoms with Gasteiger partial charge in [0, 0.05) is 13.0 Å². The minimum atomic E-state index is -0.327. The molecule has 0 aliphatic rings. The summed E-state index contributed by atoms with van der Waals surface area (Å²) in [5.74, 6) is 0.282. The molecule has 0 bridgehead atoms. The molecule has 2 aromatic heterocycles. The number of aromatic nitrogens is 4. The maximum Gasteiger partial charge on any atom is 0.262 e. The number of nitrogens with one attached hydrogen (secondary N) is 1. The number of hydrogen-bond acceptors (Lipinski definition) is 6. The summed E-state index contributed by atoms with van der Waals surface area (Å²) >= 11 is 1.35. The Labute approximate surface area is 108 Å². The number of nitrogens with two attached hydrogens (primary N) is 1. The molecule has 3 N–H and O–H groups in total. The predicted octanol–water partition coefficient (Wildman–Crippen LogP) is 1.23. The lowest BCUT2D eigenvalue weighted by Crippen LogP contribution is -2.13. The number of carbonyl (C=O) groups excluding carboxylic acids is 1. The smallest absolute Gasteiger partial charge is 0.262 e. The highest BCUT2D eigenvalue weighted by Crippen LogP contribution is 2.23. The minimum absolute atomic E-state index is 0.289. The van der Waals surface area contributed by atoms with Gasteiger partial charge in [0.15, 0.2) is 0 Å². The second-order valence-corrected chi connectivity index (χ2v) is 5.13. The summed E-state index contributed by atoms with van der Waals surface area (Å²) in [5, 5.41) is 15.8. The molecule has 0 saturated carbocycles. The zero-order valence-corrected chi connectivity index (χ0v) is 11.2. The average molecular weight is 266 g/mol. The summed E-state index contributed by atoms with van der Waals surface area (Å²) in [4.78, 5) is 11.9. The molecule has 0 aliphatic heterocycles. The number of nitrogens with zero attached hydrogens (tertiary/aromatic N) is 4. The molecular weight excluding hydrogens is 252 g/mol. The summed E-state index contributed by atoms with van der Waals surface area (Å²) in [5.41, 5.74) is 6.05. The molecule has 2 aromatic rings. The van der Waals surface area contributed by atoms with E-state index in [1.165, 1.54) is 22.2 Å². The molecular formula is C10H14N6OS. The largest absolute Gasteiger partial charge is 0.383 e. The van der Waals surface area contributed by atoms with Gasteiger partial charge < -0.3 is 5.73 Å². The Morgan fingerprint density at radius 3 is 2.72 bits per heavy atom. The van der Waals surface area contributed by atoms with Crippen LogP contribution < -0.4 is 11.1 Å². The molecule has 1 amide bonds. The molecule has 18 heavy (non-hydrogen) atoms. The first kappa shape index (κ1) is 12.5. The number of aryl methyl sites for hydroxylation is 1. The third-order valence-electron chi connectivity index (χ3n) is 2.38. The van der Waals surface area contributed by atoms with E-state index in [2.05, 4.69) is 20.6 Å². The normalized spacial score (nSPS) is 10.9. The Morgan fingerprint density at radius 1 is 1.50 bits per heavy atom. The van der Waals surface area contributed by atoms with Crippen molar-refractivity contribution in [3.05, 3.63) is 16.8 Å². The van der Waals surface area contributed by atoms with Crippen LogP contribution in [0.25, 0.3) is 0 Å².